The molecule has 8 heteroatoms. The average Bonchev–Trinajstić information content (AvgIpc) is 3.00. The van der Waals surface area contributed by atoms with Crippen molar-refractivity contribution >= 4 is 29.6 Å². The Morgan fingerprint density at radius 1 is 1.29 bits per heavy atom. The van der Waals surface area contributed by atoms with Gasteiger partial charge in [-0.3, -0.25) is 9.59 Å². The summed E-state index contributed by atoms with van der Waals surface area (Å²) in [5.41, 5.74) is 0. The van der Waals surface area contributed by atoms with E-state index in [1.807, 2.05) is 11.8 Å². The summed E-state index contributed by atoms with van der Waals surface area (Å²) in [5, 5.41) is 11.3. The van der Waals surface area contributed by atoms with E-state index in [9.17, 15) is 14.4 Å². The minimum absolute atomic E-state index is 0.0370. The van der Waals surface area contributed by atoms with Crippen LogP contribution in [0, 0.1) is 0 Å². The molecule has 0 bridgehead atoms. The summed E-state index contributed by atoms with van der Waals surface area (Å²) in [4.78, 5) is 33.8. The van der Waals surface area contributed by atoms with Gasteiger partial charge in [0.05, 0.1) is 18.6 Å². The van der Waals surface area contributed by atoms with Crippen LogP contribution in [0.25, 0.3) is 0 Å². The number of rotatable bonds is 7. The van der Waals surface area contributed by atoms with E-state index >= 15 is 0 Å². The molecule has 0 aromatic carbocycles. The normalized spacial score (nSPS) is 26.7. The summed E-state index contributed by atoms with van der Waals surface area (Å²) in [7, 11) is 1.54. The molecule has 3 unspecified atom stereocenters. The van der Waals surface area contributed by atoms with Gasteiger partial charge in [-0.1, -0.05) is 6.42 Å². The molecule has 2 fully saturated rings. The maximum absolute atomic E-state index is 11.5. The number of amides is 4. The van der Waals surface area contributed by atoms with Crippen LogP contribution in [0.4, 0.5) is 4.79 Å². The fraction of sp³-hybridized carbons (Fsp3) is 0.769. The molecule has 2 aliphatic heterocycles. The number of fused-ring (bicyclic) bond motifs is 1. The first-order valence-corrected chi connectivity index (χ1v) is 8.31. The summed E-state index contributed by atoms with van der Waals surface area (Å²) in [6.45, 7) is 0.0370. The average molecular weight is 314 g/mol. The summed E-state index contributed by atoms with van der Waals surface area (Å²) in [6.07, 6.45) is 3.18. The quantitative estimate of drug-likeness (QED) is 0.379. The number of hydrogen-bond acceptors (Lipinski definition) is 4. The first kappa shape index (κ1) is 15.9. The van der Waals surface area contributed by atoms with Gasteiger partial charge in [0.25, 0.3) is 0 Å². The molecule has 21 heavy (non-hydrogen) atoms. The van der Waals surface area contributed by atoms with Gasteiger partial charge in [0, 0.05) is 24.5 Å². The van der Waals surface area contributed by atoms with Crippen molar-refractivity contribution in [3.63, 3.8) is 0 Å². The zero-order chi connectivity index (χ0) is 15.2. The highest BCUT2D eigenvalue weighted by molar-refractivity contribution is 8.00. The van der Waals surface area contributed by atoms with Crippen LogP contribution in [-0.2, 0) is 9.59 Å². The maximum atomic E-state index is 11.5. The lowest BCUT2D eigenvalue weighted by atomic mass is 10.0. The van der Waals surface area contributed by atoms with E-state index in [1.54, 1.807) is 0 Å². The molecule has 3 atom stereocenters. The smallest absolute Gasteiger partial charge is 0.315 e. The molecule has 4 N–H and O–H groups in total. The summed E-state index contributed by atoms with van der Waals surface area (Å²) >= 11 is 1.88. The molecule has 118 valence electrons. The van der Waals surface area contributed by atoms with Crippen LogP contribution in [-0.4, -0.2) is 54.5 Å². The van der Waals surface area contributed by atoms with Crippen molar-refractivity contribution in [1.82, 2.24) is 21.3 Å². The minimum Gasteiger partial charge on any atom is -0.358 e. The highest BCUT2D eigenvalue weighted by atomic mass is 32.2. The number of carbonyl (C=O) groups excluding carboxylic acids is 3. The molecule has 2 rings (SSSR count). The van der Waals surface area contributed by atoms with E-state index in [-0.39, 0.29) is 36.5 Å². The number of urea groups is 1. The zero-order valence-corrected chi connectivity index (χ0v) is 12.9. The third-order valence-corrected chi connectivity index (χ3v) is 5.31. The van der Waals surface area contributed by atoms with E-state index in [4.69, 9.17) is 0 Å². The van der Waals surface area contributed by atoms with Crippen molar-refractivity contribution in [2.24, 2.45) is 0 Å². The summed E-state index contributed by atoms with van der Waals surface area (Å²) in [6, 6.07) is 0.414. The Labute approximate surface area is 128 Å². The van der Waals surface area contributed by atoms with Crippen molar-refractivity contribution in [2.45, 2.75) is 43.0 Å². The van der Waals surface area contributed by atoms with Gasteiger partial charge in [-0.2, -0.15) is 11.8 Å². The van der Waals surface area contributed by atoms with Crippen LogP contribution in [0.15, 0.2) is 0 Å². The van der Waals surface area contributed by atoms with E-state index < -0.39 is 0 Å². The van der Waals surface area contributed by atoms with Gasteiger partial charge in [0.1, 0.15) is 0 Å². The highest BCUT2D eigenvalue weighted by Crippen LogP contribution is 2.33. The number of thioether (sulfide) groups is 1. The van der Waals surface area contributed by atoms with Crippen LogP contribution < -0.4 is 21.3 Å². The lowest BCUT2D eigenvalue weighted by Crippen LogP contribution is -2.36. The van der Waals surface area contributed by atoms with Gasteiger partial charge in [-0.05, 0) is 12.8 Å². The van der Waals surface area contributed by atoms with Gasteiger partial charge in [0.15, 0.2) is 0 Å². The van der Waals surface area contributed by atoms with Crippen LogP contribution in [0.3, 0.4) is 0 Å². The van der Waals surface area contributed by atoms with Gasteiger partial charge in [0.2, 0.25) is 11.8 Å². The highest BCUT2D eigenvalue weighted by Gasteiger charge is 2.42. The second-order valence-electron chi connectivity index (χ2n) is 5.32. The van der Waals surface area contributed by atoms with Gasteiger partial charge >= 0.3 is 6.03 Å². The Morgan fingerprint density at radius 2 is 2.10 bits per heavy atom. The monoisotopic (exact) mass is 314 g/mol. The third-order valence-electron chi connectivity index (χ3n) is 3.81. The molecule has 0 aromatic heterocycles. The SMILES string of the molecule is CNC(=O)CNC(=O)CCCCC1SCC2NC(=O)NC21. The number of carbonyl (C=O) groups is 3. The molecule has 0 saturated carbocycles. The number of nitrogens with one attached hydrogen (secondary N) is 4. The van der Waals surface area contributed by atoms with Crippen molar-refractivity contribution in [3.8, 4) is 0 Å². The molecule has 4 amide bonds. The number of likely N-dealkylation sites (N-methyl/N-ethyl adjacent to an activating group) is 1. The third kappa shape index (κ3) is 4.52. The van der Waals surface area contributed by atoms with Crippen molar-refractivity contribution in [1.29, 1.82) is 0 Å². The predicted octanol–water partition coefficient (Wildman–Crippen LogP) is -0.426. The molecule has 7 nitrogen and oxygen atoms in total. The predicted molar refractivity (Wildman–Crippen MR) is 81.0 cm³/mol. The Morgan fingerprint density at radius 3 is 2.86 bits per heavy atom. The van der Waals surface area contributed by atoms with Crippen molar-refractivity contribution in [2.75, 3.05) is 19.3 Å². The van der Waals surface area contributed by atoms with Crippen LogP contribution >= 0.6 is 11.8 Å². The maximum Gasteiger partial charge on any atom is 0.315 e. The number of unbranched alkanes of at least 4 members (excludes halogenated alkanes) is 1. The lowest BCUT2D eigenvalue weighted by Gasteiger charge is -2.16. The Balaban J connectivity index is 1.57. The van der Waals surface area contributed by atoms with E-state index in [0.717, 1.165) is 25.0 Å². The Bertz CT molecular complexity index is 418. The molecule has 2 heterocycles. The topological polar surface area (TPSA) is 99.3 Å². The fourth-order valence-corrected chi connectivity index (χ4v) is 4.17. The van der Waals surface area contributed by atoms with E-state index in [2.05, 4.69) is 21.3 Å². The zero-order valence-electron chi connectivity index (χ0n) is 12.1. The molecule has 0 aliphatic carbocycles. The van der Waals surface area contributed by atoms with E-state index in [0.29, 0.717) is 11.7 Å². The molecular weight excluding hydrogens is 292 g/mol. The van der Waals surface area contributed by atoms with Gasteiger partial charge in [-0.15, -0.1) is 0 Å². The number of hydrogen-bond donors (Lipinski definition) is 4. The first-order chi connectivity index (χ1) is 10.1. The minimum atomic E-state index is -0.193. The summed E-state index contributed by atoms with van der Waals surface area (Å²) < 4.78 is 0. The molecular formula is C13H22N4O3S. The Kier molecular flexibility index (Phi) is 5.72. The fourth-order valence-electron chi connectivity index (χ4n) is 2.63. The molecule has 0 spiro atoms. The van der Waals surface area contributed by atoms with Crippen LogP contribution in [0.1, 0.15) is 25.7 Å². The van der Waals surface area contributed by atoms with Crippen molar-refractivity contribution in [3.05, 3.63) is 0 Å². The summed E-state index contributed by atoms with van der Waals surface area (Å²) in [5.74, 6) is 0.674. The molecule has 0 aromatic rings. The van der Waals surface area contributed by atoms with Crippen LogP contribution in [0.5, 0.6) is 0 Å². The second-order valence-corrected chi connectivity index (χ2v) is 6.59. The lowest BCUT2D eigenvalue weighted by molar-refractivity contribution is -0.125. The molecule has 0 radical (unpaired) electrons. The Hall–Kier alpha value is -1.44. The van der Waals surface area contributed by atoms with Crippen molar-refractivity contribution < 1.29 is 14.4 Å². The van der Waals surface area contributed by atoms with Crippen LogP contribution in [0.2, 0.25) is 0 Å². The second kappa shape index (κ2) is 7.53. The largest absolute Gasteiger partial charge is 0.358 e. The standard InChI is InChI=1S/C13H22N4O3S/c1-14-11(19)6-15-10(18)5-3-2-4-9-12-8(7-21-9)16-13(20)17-12/h8-9,12H,2-7H2,1H3,(H,14,19)(H,15,18)(H2,16,17,20). The van der Waals surface area contributed by atoms with E-state index in [1.165, 1.54) is 7.05 Å². The molecule has 2 aliphatic rings. The van der Waals surface area contributed by atoms with Gasteiger partial charge in [-0.25, -0.2) is 4.79 Å². The first-order valence-electron chi connectivity index (χ1n) is 7.26. The van der Waals surface area contributed by atoms with Gasteiger partial charge < -0.3 is 21.3 Å². The molecule has 2 saturated heterocycles.